The number of anilines is 1. The number of rotatable bonds is 1. The van der Waals surface area contributed by atoms with E-state index in [0.29, 0.717) is 18.7 Å². The van der Waals surface area contributed by atoms with Crippen molar-refractivity contribution >= 4 is 17.4 Å². The number of aromatic nitrogens is 1. The number of nitrogens with one attached hydrogen (secondary N) is 2. The number of carbonyl (C=O) groups is 1. The Bertz CT molecular complexity index is 903. The number of carbonyl (C=O) groups excluding carboxylic acids is 1. The first kappa shape index (κ1) is 18.6. The second-order valence-corrected chi connectivity index (χ2v) is 8.56. The lowest BCUT2D eigenvalue weighted by molar-refractivity contribution is 0.0785. The fourth-order valence-corrected chi connectivity index (χ4v) is 3.86. The maximum Gasteiger partial charge on any atom is 0.254 e. The summed E-state index contributed by atoms with van der Waals surface area (Å²) in [7, 11) is 0. The number of para-hydroxylation sites is 1. The molecule has 6 nitrogen and oxygen atoms in total. The quantitative estimate of drug-likeness (QED) is 0.801. The van der Waals surface area contributed by atoms with Gasteiger partial charge >= 0.3 is 0 Å². The van der Waals surface area contributed by atoms with E-state index < -0.39 is 0 Å². The van der Waals surface area contributed by atoms with Crippen molar-refractivity contribution in [3.8, 4) is 0 Å². The largest absolute Gasteiger partial charge is 0.342 e. The van der Waals surface area contributed by atoms with Crippen LogP contribution < -0.4 is 10.6 Å². The molecule has 146 valence electrons. The Morgan fingerprint density at radius 1 is 1.18 bits per heavy atom. The molecule has 1 saturated heterocycles. The summed E-state index contributed by atoms with van der Waals surface area (Å²) < 4.78 is 0. The van der Waals surface area contributed by atoms with Crippen LogP contribution in [0.15, 0.2) is 53.8 Å². The molecule has 0 aliphatic carbocycles. The highest BCUT2D eigenvalue weighted by atomic mass is 16.2. The van der Waals surface area contributed by atoms with Crippen molar-refractivity contribution in [3.05, 3.63) is 59.9 Å². The smallest absolute Gasteiger partial charge is 0.254 e. The molecule has 1 atom stereocenters. The number of amides is 1. The van der Waals surface area contributed by atoms with E-state index in [1.54, 1.807) is 24.5 Å². The Morgan fingerprint density at radius 2 is 1.93 bits per heavy atom. The van der Waals surface area contributed by atoms with Crippen LogP contribution in [0.25, 0.3) is 0 Å². The zero-order valence-electron chi connectivity index (χ0n) is 16.7. The summed E-state index contributed by atoms with van der Waals surface area (Å²) in [5, 5.41) is 7.31. The van der Waals surface area contributed by atoms with Gasteiger partial charge in [-0.3, -0.25) is 20.1 Å². The number of benzene rings is 1. The SMILES string of the molecule is CC(C)(C)N=C1Nc2ccccc2CN[C@@]12CCN(C(=O)c1ccncc1)C2. The monoisotopic (exact) mass is 377 g/mol. The number of nitrogens with zero attached hydrogens (tertiary/aromatic N) is 3. The first-order valence-corrected chi connectivity index (χ1v) is 9.76. The Kier molecular flexibility index (Phi) is 4.67. The fraction of sp³-hybridized carbons (Fsp3) is 0.409. The van der Waals surface area contributed by atoms with Gasteiger partial charge in [-0.1, -0.05) is 18.2 Å². The van der Waals surface area contributed by atoms with Crippen LogP contribution in [0.3, 0.4) is 0 Å². The number of pyridine rings is 1. The highest BCUT2D eigenvalue weighted by Crippen LogP contribution is 2.31. The Balaban J connectivity index is 1.67. The van der Waals surface area contributed by atoms with Crippen LogP contribution in [0.2, 0.25) is 0 Å². The topological polar surface area (TPSA) is 69.6 Å². The fourth-order valence-electron chi connectivity index (χ4n) is 3.86. The van der Waals surface area contributed by atoms with Gasteiger partial charge in [0, 0.05) is 43.3 Å². The summed E-state index contributed by atoms with van der Waals surface area (Å²) in [6.45, 7) is 8.31. The third kappa shape index (κ3) is 3.64. The van der Waals surface area contributed by atoms with E-state index in [1.807, 2.05) is 11.0 Å². The maximum absolute atomic E-state index is 13.0. The van der Waals surface area contributed by atoms with E-state index >= 15 is 0 Å². The van der Waals surface area contributed by atoms with E-state index in [9.17, 15) is 4.79 Å². The molecule has 1 spiro atoms. The van der Waals surface area contributed by atoms with Gasteiger partial charge in [0.1, 0.15) is 5.84 Å². The van der Waals surface area contributed by atoms with E-state index in [4.69, 9.17) is 4.99 Å². The van der Waals surface area contributed by atoms with Gasteiger partial charge in [-0.25, -0.2) is 0 Å². The summed E-state index contributed by atoms with van der Waals surface area (Å²) in [4.78, 5) is 23.9. The van der Waals surface area contributed by atoms with E-state index in [1.165, 1.54) is 5.56 Å². The van der Waals surface area contributed by atoms with Gasteiger partial charge in [-0.2, -0.15) is 0 Å². The van der Waals surface area contributed by atoms with E-state index in [2.05, 4.69) is 54.6 Å². The standard InChI is InChI=1S/C22H27N5O/c1-21(2,3)26-20-22(24-14-17-6-4-5-7-18(17)25-20)10-13-27(15-22)19(28)16-8-11-23-12-9-16/h4-9,11-12,24H,10,13-15H2,1-3H3,(H,25,26)/t22-/m1/s1. The minimum atomic E-state index is -0.380. The number of likely N-dealkylation sites (tertiary alicyclic amines) is 1. The molecule has 0 bridgehead atoms. The Labute approximate surface area is 166 Å². The van der Waals surface area contributed by atoms with Crippen molar-refractivity contribution < 1.29 is 4.79 Å². The van der Waals surface area contributed by atoms with Crippen molar-refractivity contribution in [1.29, 1.82) is 0 Å². The van der Waals surface area contributed by atoms with Crippen LogP contribution in [0.5, 0.6) is 0 Å². The van der Waals surface area contributed by atoms with Crippen LogP contribution in [0.1, 0.15) is 43.1 Å². The summed E-state index contributed by atoms with van der Waals surface area (Å²) in [5.41, 5.74) is 2.35. The minimum absolute atomic E-state index is 0.0398. The predicted molar refractivity (Wildman–Crippen MR) is 112 cm³/mol. The molecule has 2 aliphatic heterocycles. The summed E-state index contributed by atoms with van der Waals surface area (Å²) in [6.07, 6.45) is 4.14. The normalized spacial score (nSPS) is 23.4. The van der Waals surface area contributed by atoms with Crippen LogP contribution in [0, 0.1) is 0 Å². The molecule has 4 rings (SSSR count). The number of amidine groups is 1. The Hall–Kier alpha value is -2.73. The third-order valence-electron chi connectivity index (χ3n) is 5.27. The molecular formula is C22H27N5O. The molecule has 3 heterocycles. The van der Waals surface area contributed by atoms with E-state index in [0.717, 1.165) is 24.5 Å². The number of aliphatic imine (C=N–C) groups is 1. The molecule has 28 heavy (non-hydrogen) atoms. The number of fused-ring (bicyclic) bond motifs is 1. The molecule has 6 heteroatoms. The third-order valence-corrected chi connectivity index (χ3v) is 5.27. The first-order valence-electron chi connectivity index (χ1n) is 9.76. The molecule has 0 saturated carbocycles. The minimum Gasteiger partial charge on any atom is -0.342 e. The highest BCUT2D eigenvalue weighted by Gasteiger charge is 2.46. The zero-order valence-corrected chi connectivity index (χ0v) is 16.7. The van der Waals surface area contributed by atoms with E-state index in [-0.39, 0.29) is 17.0 Å². The average Bonchev–Trinajstić information content (AvgIpc) is 3.05. The number of hydrogen-bond acceptors (Lipinski definition) is 4. The molecule has 1 amide bonds. The zero-order chi connectivity index (χ0) is 19.8. The van der Waals surface area contributed by atoms with Gasteiger partial charge in [0.2, 0.25) is 0 Å². The molecule has 1 aromatic heterocycles. The summed E-state index contributed by atoms with van der Waals surface area (Å²) >= 11 is 0. The molecule has 2 aromatic rings. The molecule has 0 radical (unpaired) electrons. The van der Waals surface area contributed by atoms with Crippen LogP contribution >= 0.6 is 0 Å². The lowest BCUT2D eigenvalue weighted by atomic mass is 9.95. The second kappa shape index (κ2) is 7.02. The van der Waals surface area contributed by atoms with Crippen molar-refractivity contribution in [3.63, 3.8) is 0 Å². The van der Waals surface area contributed by atoms with Gasteiger partial charge in [0.25, 0.3) is 5.91 Å². The first-order chi connectivity index (χ1) is 13.4. The Morgan fingerprint density at radius 3 is 2.68 bits per heavy atom. The van der Waals surface area contributed by atoms with Crippen molar-refractivity contribution in [1.82, 2.24) is 15.2 Å². The van der Waals surface area contributed by atoms with Gasteiger partial charge < -0.3 is 10.2 Å². The van der Waals surface area contributed by atoms with Crippen molar-refractivity contribution in [2.24, 2.45) is 4.99 Å². The van der Waals surface area contributed by atoms with Crippen LogP contribution in [-0.4, -0.2) is 45.8 Å². The highest BCUT2D eigenvalue weighted by molar-refractivity contribution is 6.05. The average molecular weight is 377 g/mol. The molecule has 2 N–H and O–H groups in total. The molecular weight excluding hydrogens is 350 g/mol. The summed E-state index contributed by atoms with van der Waals surface area (Å²) in [6, 6.07) is 11.8. The lowest BCUT2D eigenvalue weighted by Crippen LogP contribution is -2.56. The lowest BCUT2D eigenvalue weighted by Gasteiger charge is -2.32. The second-order valence-electron chi connectivity index (χ2n) is 8.56. The van der Waals surface area contributed by atoms with Crippen LogP contribution in [-0.2, 0) is 6.54 Å². The van der Waals surface area contributed by atoms with Crippen molar-refractivity contribution in [2.75, 3.05) is 18.4 Å². The maximum atomic E-state index is 13.0. The van der Waals surface area contributed by atoms with Gasteiger partial charge in [-0.15, -0.1) is 0 Å². The molecule has 1 aromatic carbocycles. The number of hydrogen-bond donors (Lipinski definition) is 2. The van der Waals surface area contributed by atoms with Crippen molar-refractivity contribution in [2.45, 2.75) is 44.8 Å². The van der Waals surface area contributed by atoms with Gasteiger partial charge in [-0.05, 0) is 51.0 Å². The van der Waals surface area contributed by atoms with Gasteiger partial charge in [0.15, 0.2) is 0 Å². The van der Waals surface area contributed by atoms with Gasteiger partial charge in [0.05, 0.1) is 11.1 Å². The summed E-state index contributed by atoms with van der Waals surface area (Å²) in [5.74, 6) is 0.952. The molecule has 1 fully saturated rings. The van der Waals surface area contributed by atoms with Crippen LogP contribution in [0.4, 0.5) is 5.69 Å². The molecule has 0 unspecified atom stereocenters. The molecule has 2 aliphatic rings. The predicted octanol–water partition coefficient (Wildman–Crippen LogP) is 3.08.